The molecule has 4 heteroatoms. The summed E-state index contributed by atoms with van der Waals surface area (Å²) >= 11 is 0. The van der Waals surface area contributed by atoms with Crippen LogP contribution in [-0.4, -0.2) is 35.4 Å². The highest BCUT2D eigenvalue weighted by atomic mass is 16.5. The van der Waals surface area contributed by atoms with Crippen molar-refractivity contribution >= 4 is 0 Å². The van der Waals surface area contributed by atoms with E-state index in [9.17, 15) is 0 Å². The maximum absolute atomic E-state index is 5.75. The van der Waals surface area contributed by atoms with Crippen molar-refractivity contribution in [1.29, 1.82) is 0 Å². The summed E-state index contributed by atoms with van der Waals surface area (Å²) in [6.07, 6.45) is 4.03. The van der Waals surface area contributed by atoms with Crippen molar-refractivity contribution in [3.05, 3.63) is 42.4 Å². The van der Waals surface area contributed by atoms with Gasteiger partial charge in [-0.15, -0.1) is 0 Å². The number of aromatic nitrogens is 2. The van der Waals surface area contributed by atoms with Gasteiger partial charge in [-0.25, -0.2) is 4.98 Å². The van der Waals surface area contributed by atoms with Gasteiger partial charge in [0.05, 0.1) is 37.5 Å². The minimum atomic E-state index is 0.228. The normalized spacial score (nSPS) is 19.5. The lowest BCUT2D eigenvalue weighted by Crippen LogP contribution is -2.40. The van der Waals surface area contributed by atoms with Crippen molar-refractivity contribution in [2.24, 2.45) is 0 Å². The van der Waals surface area contributed by atoms with Crippen LogP contribution in [0.25, 0.3) is 11.3 Å². The summed E-state index contributed by atoms with van der Waals surface area (Å²) in [5.74, 6) is 0. The molecular weight excluding hydrogens is 238 g/mol. The summed E-state index contributed by atoms with van der Waals surface area (Å²) in [5.41, 5.74) is 3.62. The molecule has 0 radical (unpaired) electrons. The predicted molar refractivity (Wildman–Crippen MR) is 75.0 cm³/mol. The van der Waals surface area contributed by atoms with E-state index in [0.29, 0.717) is 0 Å². The van der Waals surface area contributed by atoms with Gasteiger partial charge in [0.15, 0.2) is 0 Å². The molecular formula is C15H19N3O. The average Bonchev–Trinajstić information content (AvgIpc) is 2.88. The van der Waals surface area contributed by atoms with E-state index in [4.69, 9.17) is 4.74 Å². The van der Waals surface area contributed by atoms with Crippen LogP contribution in [0.15, 0.2) is 36.8 Å². The van der Waals surface area contributed by atoms with Gasteiger partial charge in [-0.2, -0.15) is 0 Å². The molecule has 1 N–H and O–H groups in total. The molecule has 1 saturated heterocycles. The molecule has 1 atom stereocenters. The van der Waals surface area contributed by atoms with Crippen LogP contribution in [0.2, 0.25) is 0 Å². The van der Waals surface area contributed by atoms with Gasteiger partial charge in [0.1, 0.15) is 0 Å². The Bertz CT molecular complexity index is 544. The Labute approximate surface area is 113 Å². The van der Waals surface area contributed by atoms with E-state index in [1.807, 2.05) is 12.5 Å². The Kier molecular flexibility index (Phi) is 3.62. The molecule has 100 valence electrons. The van der Waals surface area contributed by atoms with Crippen LogP contribution in [0.4, 0.5) is 0 Å². The van der Waals surface area contributed by atoms with Crippen LogP contribution >= 0.6 is 0 Å². The SMILES string of the molecule is Cc1cccc(-c2cncn2CC2CNCCO2)c1. The Hall–Kier alpha value is -1.65. The van der Waals surface area contributed by atoms with E-state index in [-0.39, 0.29) is 6.10 Å². The van der Waals surface area contributed by atoms with E-state index in [0.717, 1.165) is 31.9 Å². The number of nitrogens with one attached hydrogen (secondary N) is 1. The molecule has 0 aliphatic carbocycles. The van der Waals surface area contributed by atoms with Crippen molar-refractivity contribution in [1.82, 2.24) is 14.9 Å². The quantitative estimate of drug-likeness (QED) is 0.912. The van der Waals surface area contributed by atoms with Gasteiger partial charge in [0.2, 0.25) is 0 Å². The van der Waals surface area contributed by atoms with Crippen molar-refractivity contribution < 1.29 is 4.74 Å². The Balaban J connectivity index is 1.81. The van der Waals surface area contributed by atoms with Gasteiger partial charge in [0, 0.05) is 18.7 Å². The lowest BCUT2D eigenvalue weighted by atomic mass is 10.1. The van der Waals surface area contributed by atoms with Crippen molar-refractivity contribution in [3.8, 4) is 11.3 Å². The van der Waals surface area contributed by atoms with E-state index in [1.165, 1.54) is 11.1 Å². The molecule has 3 rings (SSSR count). The fourth-order valence-corrected chi connectivity index (χ4v) is 2.47. The second-order valence-electron chi connectivity index (χ2n) is 5.00. The second-order valence-corrected chi connectivity index (χ2v) is 5.00. The van der Waals surface area contributed by atoms with E-state index < -0.39 is 0 Å². The van der Waals surface area contributed by atoms with Crippen LogP contribution in [-0.2, 0) is 11.3 Å². The molecule has 1 aromatic carbocycles. The standard InChI is InChI=1S/C15H19N3O/c1-12-3-2-4-13(7-12)15-9-17-11-18(15)10-14-8-16-5-6-19-14/h2-4,7,9,11,14,16H,5-6,8,10H2,1H3. The first-order valence-corrected chi connectivity index (χ1v) is 6.72. The third-order valence-corrected chi connectivity index (χ3v) is 3.43. The van der Waals surface area contributed by atoms with Crippen LogP contribution in [0.1, 0.15) is 5.56 Å². The average molecular weight is 257 g/mol. The molecule has 0 spiro atoms. The molecule has 0 bridgehead atoms. The third-order valence-electron chi connectivity index (χ3n) is 3.43. The zero-order chi connectivity index (χ0) is 13.1. The summed E-state index contributed by atoms with van der Waals surface area (Å²) in [6, 6.07) is 8.51. The van der Waals surface area contributed by atoms with E-state index in [1.54, 1.807) is 0 Å². The van der Waals surface area contributed by atoms with Crippen LogP contribution < -0.4 is 5.32 Å². The molecule has 1 aliphatic heterocycles. The van der Waals surface area contributed by atoms with Gasteiger partial charge in [-0.05, 0) is 13.0 Å². The second kappa shape index (κ2) is 5.55. The zero-order valence-corrected chi connectivity index (χ0v) is 11.2. The monoisotopic (exact) mass is 257 g/mol. The molecule has 19 heavy (non-hydrogen) atoms. The van der Waals surface area contributed by atoms with E-state index >= 15 is 0 Å². The van der Waals surface area contributed by atoms with Gasteiger partial charge in [0.25, 0.3) is 0 Å². The van der Waals surface area contributed by atoms with Gasteiger partial charge in [-0.1, -0.05) is 23.8 Å². The third kappa shape index (κ3) is 2.85. The fourth-order valence-electron chi connectivity index (χ4n) is 2.47. The number of rotatable bonds is 3. The molecule has 1 aromatic heterocycles. The summed E-state index contributed by atoms with van der Waals surface area (Å²) in [7, 11) is 0. The molecule has 1 aliphatic rings. The maximum Gasteiger partial charge on any atom is 0.0951 e. The van der Waals surface area contributed by atoms with Gasteiger partial charge in [-0.3, -0.25) is 0 Å². The van der Waals surface area contributed by atoms with Crippen LogP contribution in [0, 0.1) is 6.92 Å². The highest BCUT2D eigenvalue weighted by Gasteiger charge is 2.15. The highest BCUT2D eigenvalue weighted by molar-refractivity contribution is 5.59. The molecule has 0 saturated carbocycles. The minimum Gasteiger partial charge on any atom is -0.374 e. The van der Waals surface area contributed by atoms with Crippen molar-refractivity contribution in [2.45, 2.75) is 19.6 Å². The van der Waals surface area contributed by atoms with Crippen molar-refractivity contribution in [3.63, 3.8) is 0 Å². The number of hydrogen-bond donors (Lipinski definition) is 1. The fraction of sp³-hybridized carbons (Fsp3) is 0.400. The number of aryl methyl sites for hydroxylation is 1. The first-order valence-electron chi connectivity index (χ1n) is 6.72. The minimum absolute atomic E-state index is 0.228. The Morgan fingerprint density at radius 3 is 3.21 bits per heavy atom. The molecule has 0 amide bonds. The summed E-state index contributed by atoms with van der Waals surface area (Å²) in [4.78, 5) is 4.28. The molecule has 2 heterocycles. The van der Waals surface area contributed by atoms with Crippen LogP contribution in [0.5, 0.6) is 0 Å². The predicted octanol–water partition coefficient (Wildman–Crippen LogP) is 1.85. The number of nitrogens with zero attached hydrogens (tertiary/aromatic N) is 2. The first-order chi connectivity index (χ1) is 9.33. The maximum atomic E-state index is 5.75. The van der Waals surface area contributed by atoms with E-state index in [2.05, 4.69) is 46.1 Å². The lowest BCUT2D eigenvalue weighted by Gasteiger charge is -2.24. The molecule has 1 unspecified atom stereocenters. The number of ether oxygens (including phenoxy) is 1. The lowest BCUT2D eigenvalue weighted by molar-refractivity contribution is 0.0184. The summed E-state index contributed by atoms with van der Waals surface area (Å²) in [6.45, 7) is 5.60. The summed E-state index contributed by atoms with van der Waals surface area (Å²) < 4.78 is 7.93. The smallest absolute Gasteiger partial charge is 0.0951 e. The first kappa shape index (κ1) is 12.4. The number of hydrogen-bond acceptors (Lipinski definition) is 3. The Morgan fingerprint density at radius 1 is 1.47 bits per heavy atom. The largest absolute Gasteiger partial charge is 0.374 e. The highest BCUT2D eigenvalue weighted by Crippen LogP contribution is 2.20. The summed E-state index contributed by atoms with van der Waals surface area (Å²) in [5, 5.41) is 3.36. The zero-order valence-electron chi connectivity index (χ0n) is 11.2. The van der Waals surface area contributed by atoms with Crippen LogP contribution in [0.3, 0.4) is 0 Å². The topological polar surface area (TPSA) is 39.1 Å². The number of morpholine rings is 1. The molecule has 4 nitrogen and oxygen atoms in total. The van der Waals surface area contributed by atoms with Gasteiger partial charge < -0.3 is 14.6 Å². The van der Waals surface area contributed by atoms with Crippen molar-refractivity contribution in [2.75, 3.05) is 19.7 Å². The molecule has 2 aromatic rings. The molecule has 1 fully saturated rings. The number of benzene rings is 1. The van der Waals surface area contributed by atoms with Gasteiger partial charge >= 0.3 is 0 Å². The number of imidazole rings is 1. The Morgan fingerprint density at radius 2 is 2.42 bits per heavy atom.